The normalized spacial score (nSPS) is 12.5. The molecule has 0 spiro atoms. The molecule has 0 aliphatic heterocycles. The zero-order valence-electron chi connectivity index (χ0n) is 13.9. The zero-order chi connectivity index (χ0) is 17.6. The van der Waals surface area contributed by atoms with Gasteiger partial charge in [0, 0.05) is 0 Å². The Kier molecular flexibility index (Phi) is 18.1. The molecule has 1 atom stereocenters. The van der Waals surface area contributed by atoms with Crippen LogP contribution in [0.1, 0.15) is 71.1 Å². The topological polar surface area (TPSA) is 110 Å². The summed E-state index contributed by atoms with van der Waals surface area (Å²) < 4.78 is 31.0. The largest absolute Gasteiger partial charge is 0.451 e. The third-order valence-electron chi connectivity index (χ3n) is 3.35. The van der Waals surface area contributed by atoms with Crippen LogP contribution in [-0.4, -0.2) is 67.0 Å². The van der Waals surface area contributed by atoms with Gasteiger partial charge in [0.15, 0.2) is 6.10 Å². The first-order valence-corrected chi connectivity index (χ1v) is 9.68. The van der Waals surface area contributed by atoms with Crippen molar-refractivity contribution in [3.8, 4) is 0 Å². The molecule has 0 aliphatic carbocycles. The summed E-state index contributed by atoms with van der Waals surface area (Å²) in [7, 11) is -4.47. The van der Waals surface area contributed by atoms with Crippen LogP contribution in [0.15, 0.2) is 0 Å². The van der Waals surface area contributed by atoms with Gasteiger partial charge in [0.25, 0.3) is 0 Å². The van der Waals surface area contributed by atoms with Gasteiger partial charge in [0.2, 0.25) is 0 Å². The summed E-state index contributed by atoms with van der Waals surface area (Å²) in [6, 6.07) is 0. The Morgan fingerprint density at radius 2 is 1.42 bits per heavy atom. The number of aliphatic hydroxyl groups is 2. The van der Waals surface area contributed by atoms with Crippen molar-refractivity contribution in [3.63, 3.8) is 0 Å². The van der Waals surface area contributed by atoms with E-state index in [1.807, 2.05) is 0 Å². The summed E-state index contributed by atoms with van der Waals surface area (Å²) in [6.07, 6.45) is 9.21. The lowest BCUT2D eigenvalue weighted by Gasteiger charge is -2.08. The number of carbonyl (C=O) groups is 1. The Labute approximate surface area is 161 Å². The van der Waals surface area contributed by atoms with Gasteiger partial charge in [-0.15, -0.1) is 0 Å². The van der Waals surface area contributed by atoms with Crippen molar-refractivity contribution in [2.45, 2.75) is 77.2 Å². The highest BCUT2D eigenvalue weighted by Gasteiger charge is 2.23. The first-order valence-electron chi connectivity index (χ1n) is 8.34. The van der Waals surface area contributed by atoms with Crippen LogP contribution in [0.25, 0.3) is 0 Å². The number of carbonyl (C=O) groups excluding carboxylic acids is 1. The zero-order valence-corrected chi connectivity index (χ0v) is 14.7. The van der Waals surface area contributed by atoms with E-state index in [0.717, 1.165) is 19.3 Å². The fourth-order valence-corrected chi connectivity index (χ4v) is 2.69. The van der Waals surface area contributed by atoms with Crippen molar-refractivity contribution in [2.75, 3.05) is 13.2 Å². The molecule has 0 saturated carbocycles. The maximum absolute atomic E-state index is 11.3. The van der Waals surface area contributed by atoms with E-state index in [4.69, 9.17) is 10.2 Å². The number of rotatable bonds is 15. The fraction of sp³-hybridized carbons (Fsp3) is 0.933. The van der Waals surface area contributed by atoms with Gasteiger partial charge in [-0.3, -0.25) is 0 Å². The first kappa shape index (κ1) is 26.3. The molecule has 0 aromatic carbocycles. The molecular formula is C15H32MgO7S. The molecule has 0 saturated heterocycles. The lowest BCUT2D eigenvalue weighted by Crippen LogP contribution is -2.29. The first-order chi connectivity index (χ1) is 10.9. The van der Waals surface area contributed by atoms with E-state index in [2.05, 4.69) is 15.3 Å². The Morgan fingerprint density at radius 1 is 0.958 bits per heavy atom. The minimum absolute atomic E-state index is 0. The standard InChI is InChI=1S/C15H30O7S.Mg.2H/c1-2-3-4-5-6-7-8-9-10-11-12-21-23(19,20)22-15(18)14(17)13-16;;;/h14,16-17H,2-13H2,1H3;;;. The van der Waals surface area contributed by atoms with Crippen LogP contribution < -0.4 is 0 Å². The quantitative estimate of drug-likeness (QED) is 0.324. The molecule has 0 heterocycles. The summed E-state index contributed by atoms with van der Waals surface area (Å²) in [5, 5.41) is 17.4. The number of hydrogen-bond acceptors (Lipinski definition) is 7. The smallest absolute Gasteiger partial charge is 0.393 e. The summed E-state index contributed by atoms with van der Waals surface area (Å²) in [6.45, 7) is 1.21. The minimum Gasteiger partial charge on any atom is -0.393 e. The maximum atomic E-state index is 11.3. The van der Waals surface area contributed by atoms with Crippen LogP contribution in [0, 0.1) is 0 Å². The van der Waals surface area contributed by atoms with Crippen molar-refractivity contribution >= 4 is 39.4 Å². The second-order valence-electron chi connectivity index (χ2n) is 5.51. The van der Waals surface area contributed by atoms with E-state index in [1.165, 1.54) is 38.5 Å². The van der Waals surface area contributed by atoms with E-state index in [-0.39, 0.29) is 29.7 Å². The van der Waals surface area contributed by atoms with E-state index < -0.39 is 29.1 Å². The predicted molar refractivity (Wildman–Crippen MR) is 94.4 cm³/mol. The van der Waals surface area contributed by atoms with Gasteiger partial charge < -0.3 is 14.4 Å². The molecule has 0 radical (unpaired) electrons. The summed E-state index contributed by atoms with van der Waals surface area (Å²) >= 11 is 0. The van der Waals surface area contributed by atoms with E-state index >= 15 is 0 Å². The lowest BCUT2D eigenvalue weighted by molar-refractivity contribution is -0.145. The van der Waals surface area contributed by atoms with Gasteiger partial charge in [-0.05, 0) is 6.42 Å². The van der Waals surface area contributed by atoms with E-state index in [1.54, 1.807) is 0 Å². The maximum Gasteiger partial charge on any atom is 0.451 e. The molecule has 0 rings (SSSR count). The molecule has 0 aromatic heterocycles. The molecule has 0 amide bonds. The average molecular weight is 381 g/mol. The van der Waals surface area contributed by atoms with E-state index in [0.29, 0.717) is 6.42 Å². The molecule has 2 N–H and O–H groups in total. The molecule has 0 aromatic rings. The fourth-order valence-electron chi connectivity index (χ4n) is 2.01. The van der Waals surface area contributed by atoms with Crippen LogP contribution in [-0.2, 0) is 23.6 Å². The van der Waals surface area contributed by atoms with Crippen molar-refractivity contribution in [1.82, 2.24) is 0 Å². The predicted octanol–water partition coefficient (Wildman–Crippen LogP) is 1.15. The molecular weight excluding hydrogens is 349 g/mol. The molecule has 1 unspecified atom stereocenters. The van der Waals surface area contributed by atoms with Crippen LogP contribution in [0.2, 0.25) is 0 Å². The highest BCUT2D eigenvalue weighted by molar-refractivity contribution is 7.82. The molecule has 0 bridgehead atoms. The molecule has 0 aliphatic rings. The second kappa shape index (κ2) is 16.5. The van der Waals surface area contributed by atoms with Gasteiger partial charge in [-0.25, -0.2) is 8.98 Å². The molecule has 142 valence electrons. The second-order valence-corrected chi connectivity index (χ2v) is 6.73. The van der Waals surface area contributed by atoms with Gasteiger partial charge in [-0.1, -0.05) is 64.7 Å². The minimum atomic E-state index is -4.47. The summed E-state index contributed by atoms with van der Waals surface area (Å²) in [5.41, 5.74) is 0. The highest BCUT2D eigenvalue weighted by Crippen LogP contribution is 2.11. The van der Waals surface area contributed by atoms with Gasteiger partial charge in [0.05, 0.1) is 13.2 Å². The number of hydrogen-bond donors (Lipinski definition) is 2. The Bertz CT molecular complexity index is 401. The van der Waals surface area contributed by atoms with Gasteiger partial charge in [-0.2, -0.15) is 8.42 Å². The van der Waals surface area contributed by atoms with Gasteiger partial charge >= 0.3 is 39.4 Å². The van der Waals surface area contributed by atoms with Crippen LogP contribution in [0.5, 0.6) is 0 Å². The third-order valence-corrected chi connectivity index (χ3v) is 4.18. The number of unbranched alkanes of at least 4 members (excludes halogenated alkanes) is 9. The molecule has 24 heavy (non-hydrogen) atoms. The van der Waals surface area contributed by atoms with Crippen molar-refractivity contribution in [1.29, 1.82) is 0 Å². The Balaban J connectivity index is 0. The average Bonchev–Trinajstić information content (AvgIpc) is 2.51. The van der Waals surface area contributed by atoms with Crippen LogP contribution in [0.4, 0.5) is 0 Å². The van der Waals surface area contributed by atoms with Crippen molar-refractivity contribution < 1.29 is 31.8 Å². The highest BCUT2D eigenvalue weighted by atomic mass is 32.3. The number of aliphatic hydroxyl groups excluding tert-OH is 2. The Hall–Kier alpha value is 0.0662. The lowest BCUT2D eigenvalue weighted by atomic mass is 10.1. The third kappa shape index (κ3) is 15.6. The SMILES string of the molecule is CCCCCCCCCCCCOS(=O)(=O)OC(=O)C(O)CO.[MgH2]. The summed E-state index contributed by atoms with van der Waals surface area (Å²) in [5.74, 6) is -1.45. The summed E-state index contributed by atoms with van der Waals surface area (Å²) in [4.78, 5) is 11.0. The van der Waals surface area contributed by atoms with Crippen LogP contribution >= 0.6 is 0 Å². The van der Waals surface area contributed by atoms with Gasteiger partial charge in [0.1, 0.15) is 0 Å². The molecule has 0 fully saturated rings. The Morgan fingerprint density at radius 3 is 1.88 bits per heavy atom. The molecule has 9 heteroatoms. The van der Waals surface area contributed by atoms with E-state index in [9.17, 15) is 13.2 Å². The molecule has 7 nitrogen and oxygen atoms in total. The van der Waals surface area contributed by atoms with Crippen molar-refractivity contribution in [2.24, 2.45) is 0 Å². The monoisotopic (exact) mass is 380 g/mol. The van der Waals surface area contributed by atoms with Crippen molar-refractivity contribution in [3.05, 3.63) is 0 Å². The van der Waals surface area contributed by atoms with Crippen LogP contribution in [0.3, 0.4) is 0 Å².